The number of hydrogen-bond donors (Lipinski definition) is 1. The number of hydrogen-bond acceptors (Lipinski definition) is 3. The van der Waals surface area contributed by atoms with Gasteiger partial charge in [0.2, 0.25) is 0 Å². The molecule has 1 aliphatic heterocycles. The third-order valence-corrected chi connectivity index (χ3v) is 4.48. The van der Waals surface area contributed by atoms with E-state index >= 15 is 0 Å². The van der Waals surface area contributed by atoms with E-state index in [-0.39, 0.29) is 5.75 Å². The lowest BCUT2D eigenvalue weighted by Gasteiger charge is -2.17. The SMILES string of the molecule is Oc1c(Cl)cc(Br)cc1C=Nc1ccc(N2CCCC2)cc1. The molecule has 2 aromatic carbocycles. The molecule has 0 atom stereocenters. The van der Waals surface area contributed by atoms with Crippen molar-refractivity contribution in [2.24, 2.45) is 4.99 Å². The summed E-state index contributed by atoms with van der Waals surface area (Å²) in [5, 5.41) is 10.2. The summed E-state index contributed by atoms with van der Waals surface area (Å²) >= 11 is 9.30. The van der Waals surface area contributed by atoms with Crippen LogP contribution in [-0.4, -0.2) is 24.4 Å². The predicted molar refractivity (Wildman–Crippen MR) is 96.0 cm³/mol. The van der Waals surface area contributed by atoms with Crippen molar-refractivity contribution in [3.63, 3.8) is 0 Å². The molecule has 1 fully saturated rings. The van der Waals surface area contributed by atoms with Crippen LogP contribution in [0.2, 0.25) is 5.02 Å². The van der Waals surface area contributed by atoms with Crippen molar-refractivity contribution < 1.29 is 5.11 Å². The Bertz CT molecular complexity index is 695. The van der Waals surface area contributed by atoms with Crippen LogP contribution in [0.1, 0.15) is 18.4 Å². The second-order valence-corrected chi connectivity index (χ2v) is 6.62. The molecule has 1 saturated heterocycles. The molecule has 3 nitrogen and oxygen atoms in total. The molecule has 0 bridgehead atoms. The van der Waals surface area contributed by atoms with Gasteiger partial charge in [0.15, 0.2) is 0 Å². The summed E-state index contributed by atoms with van der Waals surface area (Å²) in [6, 6.07) is 11.6. The minimum Gasteiger partial charge on any atom is -0.506 e. The molecule has 3 rings (SSSR count). The lowest BCUT2D eigenvalue weighted by Crippen LogP contribution is -2.17. The van der Waals surface area contributed by atoms with Gasteiger partial charge in [-0.3, -0.25) is 4.99 Å². The van der Waals surface area contributed by atoms with E-state index < -0.39 is 0 Å². The van der Waals surface area contributed by atoms with Crippen LogP contribution in [0.3, 0.4) is 0 Å². The molecule has 0 radical (unpaired) electrons. The lowest BCUT2D eigenvalue weighted by atomic mass is 10.2. The zero-order valence-corrected chi connectivity index (χ0v) is 14.3. The molecule has 0 aromatic heterocycles. The monoisotopic (exact) mass is 378 g/mol. The fourth-order valence-corrected chi connectivity index (χ4v) is 3.39. The Morgan fingerprint density at radius 2 is 1.82 bits per heavy atom. The zero-order valence-electron chi connectivity index (χ0n) is 12.0. The Balaban J connectivity index is 1.78. The average Bonchev–Trinajstić information content (AvgIpc) is 3.04. The van der Waals surface area contributed by atoms with Gasteiger partial charge in [-0.25, -0.2) is 0 Å². The highest BCUT2D eigenvalue weighted by atomic mass is 79.9. The van der Waals surface area contributed by atoms with E-state index in [0.717, 1.165) is 23.2 Å². The normalized spacial score (nSPS) is 14.9. The third kappa shape index (κ3) is 3.45. The number of phenols is 1. The van der Waals surface area contributed by atoms with Crippen molar-refractivity contribution in [1.29, 1.82) is 0 Å². The Hall–Kier alpha value is -1.52. The number of aromatic hydroxyl groups is 1. The molecular formula is C17H16BrClN2O. The maximum Gasteiger partial charge on any atom is 0.143 e. The average molecular weight is 380 g/mol. The van der Waals surface area contributed by atoms with Gasteiger partial charge in [0, 0.05) is 35.0 Å². The number of benzene rings is 2. The number of aliphatic imine (C=N–C) groups is 1. The highest BCUT2D eigenvalue weighted by molar-refractivity contribution is 9.10. The van der Waals surface area contributed by atoms with Crippen molar-refractivity contribution in [2.45, 2.75) is 12.8 Å². The van der Waals surface area contributed by atoms with Gasteiger partial charge in [-0.2, -0.15) is 0 Å². The van der Waals surface area contributed by atoms with Gasteiger partial charge in [0.1, 0.15) is 5.75 Å². The van der Waals surface area contributed by atoms with Crippen LogP contribution in [0.15, 0.2) is 45.9 Å². The summed E-state index contributed by atoms with van der Waals surface area (Å²) in [6.45, 7) is 2.26. The van der Waals surface area contributed by atoms with Gasteiger partial charge in [0.25, 0.3) is 0 Å². The molecule has 0 saturated carbocycles. The minimum absolute atomic E-state index is 0.0438. The molecule has 1 aliphatic rings. The largest absolute Gasteiger partial charge is 0.506 e. The van der Waals surface area contributed by atoms with Crippen molar-refractivity contribution >= 4 is 45.1 Å². The third-order valence-electron chi connectivity index (χ3n) is 3.73. The van der Waals surface area contributed by atoms with Crippen LogP contribution in [0.4, 0.5) is 11.4 Å². The van der Waals surface area contributed by atoms with Crippen LogP contribution in [0.5, 0.6) is 5.75 Å². The predicted octanol–water partition coefficient (Wildman–Crippen LogP) is 5.16. The van der Waals surface area contributed by atoms with Gasteiger partial charge in [-0.1, -0.05) is 27.5 Å². The van der Waals surface area contributed by atoms with Gasteiger partial charge in [0.05, 0.1) is 10.7 Å². The Labute approximate surface area is 143 Å². The first-order chi connectivity index (χ1) is 10.6. The fraction of sp³-hybridized carbons (Fsp3) is 0.235. The Morgan fingerprint density at radius 1 is 1.14 bits per heavy atom. The van der Waals surface area contributed by atoms with Crippen molar-refractivity contribution in [3.05, 3.63) is 51.5 Å². The quantitative estimate of drug-likeness (QED) is 0.748. The van der Waals surface area contributed by atoms with Crippen LogP contribution in [0.25, 0.3) is 0 Å². The van der Waals surface area contributed by atoms with Gasteiger partial charge >= 0.3 is 0 Å². The van der Waals surface area contributed by atoms with E-state index in [4.69, 9.17) is 11.6 Å². The molecule has 0 amide bonds. The summed E-state index contributed by atoms with van der Waals surface area (Å²) < 4.78 is 0.807. The maximum atomic E-state index is 9.94. The molecular weight excluding hydrogens is 364 g/mol. The summed E-state index contributed by atoms with van der Waals surface area (Å²) in [6.07, 6.45) is 4.16. The summed E-state index contributed by atoms with van der Waals surface area (Å²) in [4.78, 5) is 6.79. The lowest BCUT2D eigenvalue weighted by molar-refractivity contribution is 0.474. The van der Waals surface area contributed by atoms with E-state index in [1.807, 2.05) is 12.1 Å². The van der Waals surface area contributed by atoms with Crippen molar-refractivity contribution in [1.82, 2.24) is 0 Å². The standard InChI is InChI=1S/C17H16BrClN2O/c18-13-9-12(17(22)16(19)10-13)11-20-14-3-5-15(6-4-14)21-7-1-2-8-21/h3-6,9-11,22H,1-2,7-8H2. The van der Waals surface area contributed by atoms with Gasteiger partial charge < -0.3 is 10.0 Å². The first-order valence-corrected chi connectivity index (χ1v) is 8.38. The first kappa shape index (κ1) is 15.4. The number of nitrogens with zero attached hydrogens (tertiary/aromatic N) is 2. The van der Waals surface area contributed by atoms with Crippen molar-refractivity contribution in [2.75, 3.05) is 18.0 Å². The number of rotatable bonds is 3. The molecule has 1 N–H and O–H groups in total. The van der Waals surface area contributed by atoms with Crippen LogP contribution >= 0.6 is 27.5 Å². The first-order valence-electron chi connectivity index (χ1n) is 7.20. The second kappa shape index (κ2) is 6.71. The molecule has 0 unspecified atom stereocenters. The summed E-state index contributed by atoms with van der Waals surface area (Å²) in [5.74, 6) is 0.0438. The number of anilines is 1. The zero-order chi connectivity index (χ0) is 15.5. The topological polar surface area (TPSA) is 35.8 Å². The van der Waals surface area contributed by atoms with Gasteiger partial charge in [-0.05, 0) is 49.2 Å². The number of phenolic OH excluding ortho intramolecular Hbond substituents is 1. The molecule has 2 aromatic rings. The molecule has 0 aliphatic carbocycles. The molecule has 5 heteroatoms. The summed E-state index contributed by atoms with van der Waals surface area (Å²) in [5.41, 5.74) is 2.67. The highest BCUT2D eigenvalue weighted by Crippen LogP contribution is 2.31. The van der Waals surface area contributed by atoms with Crippen LogP contribution in [-0.2, 0) is 0 Å². The molecule has 0 spiro atoms. The van der Waals surface area contributed by atoms with Crippen LogP contribution < -0.4 is 4.90 Å². The summed E-state index contributed by atoms with van der Waals surface area (Å²) in [7, 11) is 0. The highest BCUT2D eigenvalue weighted by Gasteiger charge is 2.11. The number of halogens is 2. The fourth-order valence-electron chi connectivity index (χ4n) is 2.55. The Morgan fingerprint density at radius 3 is 2.50 bits per heavy atom. The molecule has 114 valence electrons. The minimum atomic E-state index is 0.0438. The smallest absolute Gasteiger partial charge is 0.143 e. The van der Waals surface area contributed by atoms with E-state index in [9.17, 15) is 5.11 Å². The van der Waals surface area contributed by atoms with E-state index in [1.165, 1.54) is 18.5 Å². The van der Waals surface area contributed by atoms with Crippen molar-refractivity contribution in [3.8, 4) is 5.75 Å². The van der Waals surface area contributed by atoms with E-state index in [0.29, 0.717) is 10.6 Å². The second-order valence-electron chi connectivity index (χ2n) is 5.29. The van der Waals surface area contributed by atoms with Gasteiger partial charge in [-0.15, -0.1) is 0 Å². The van der Waals surface area contributed by atoms with Crippen LogP contribution in [0, 0.1) is 0 Å². The van der Waals surface area contributed by atoms with E-state index in [2.05, 4.69) is 38.0 Å². The molecule has 1 heterocycles. The Kier molecular flexibility index (Phi) is 4.69. The maximum absolute atomic E-state index is 9.94. The van der Waals surface area contributed by atoms with E-state index in [1.54, 1.807) is 18.3 Å². The molecule has 22 heavy (non-hydrogen) atoms.